The van der Waals surface area contributed by atoms with Crippen molar-refractivity contribution in [2.24, 2.45) is 5.14 Å². The molecule has 0 spiro atoms. The van der Waals surface area contributed by atoms with Gasteiger partial charge in [0.2, 0.25) is 10.0 Å². The largest absolute Gasteiger partial charge is 0.360 e. The first kappa shape index (κ1) is 22.2. The number of hydrogen-bond donors (Lipinski definition) is 1. The highest BCUT2D eigenvalue weighted by Gasteiger charge is 2.30. The molecule has 1 atom stereocenters. The highest BCUT2D eigenvalue weighted by molar-refractivity contribution is 7.89. The van der Waals surface area contributed by atoms with Crippen LogP contribution in [0.3, 0.4) is 0 Å². The summed E-state index contributed by atoms with van der Waals surface area (Å²) in [7, 11) is -3.99. The summed E-state index contributed by atoms with van der Waals surface area (Å²) in [5.74, 6) is -0.155. The number of hydrogen-bond acceptors (Lipinski definition) is 4. The minimum atomic E-state index is -3.99. The molecule has 0 unspecified atom stereocenters. The smallest absolute Gasteiger partial charge is 0.238 e. The zero-order valence-electron chi connectivity index (χ0n) is 17.9. The Morgan fingerprint density at radius 3 is 2.23 bits per heavy atom. The van der Waals surface area contributed by atoms with E-state index in [9.17, 15) is 13.2 Å². The predicted molar refractivity (Wildman–Crippen MR) is 120 cm³/mol. The Kier molecular flexibility index (Phi) is 5.87. The molecule has 0 saturated heterocycles. The van der Waals surface area contributed by atoms with Gasteiger partial charge in [-0.2, -0.15) is 0 Å². The van der Waals surface area contributed by atoms with Gasteiger partial charge in [0.05, 0.1) is 10.5 Å². The molecule has 0 aromatic heterocycles. The number of rotatable bonds is 5. The summed E-state index contributed by atoms with van der Waals surface area (Å²) in [6, 6.07) is 16.3. The first-order chi connectivity index (χ1) is 13.9. The Morgan fingerprint density at radius 2 is 1.63 bits per heavy atom. The lowest BCUT2D eigenvalue weighted by molar-refractivity contribution is -0.138. The van der Waals surface area contributed by atoms with Crippen molar-refractivity contribution >= 4 is 26.6 Å². The fraction of sp³-hybridized carbons (Fsp3) is 0.292. The van der Waals surface area contributed by atoms with E-state index in [-0.39, 0.29) is 10.7 Å². The van der Waals surface area contributed by atoms with Crippen LogP contribution < -0.4 is 5.14 Å². The second kappa shape index (κ2) is 7.95. The fourth-order valence-corrected chi connectivity index (χ4v) is 4.50. The van der Waals surface area contributed by atoms with Gasteiger partial charge in [0.15, 0.2) is 5.78 Å². The van der Waals surface area contributed by atoms with Crippen LogP contribution in [-0.2, 0) is 19.6 Å². The SMILES string of the molecule is CC(=O)[C@@H](OC(C)(C)C)c1c(C)cc2ccccc2c1-c1ccccc1S(N)(=O)=O. The third kappa shape index (κ3) is 4.46. The van der Waals surface area contributed by atoms with Gasteiger partial charge >= 0.3 is 0 Å². The van der Waals surface area contributed by atoms with Gasteiger partial charge in [-0.25, -0.2) is 13.6 Å². The molecule has 0 aliphatic carbocycles. The normalized spacial score (nSPS) is 13.4. The maximum Gasteiger partial charge on any atom is 0.238 e. The molecule has 0 radical (unpaired) electrons. The van der Waals surface area contributed by atoms with Crippen LogP contribution in [0.25, 0.3) is 21.9 Å². The maximum atomic E-state index is 12.7. The Morgan fingerprint density at radius 1 is 1.03 bits per heavy atom. The molecular weight excluding hydrogens is 398 g/mol. The van der Waals surface area contributed by atoms with E-state index in [0.717, 1.165) is 16.3 Å². The van der Waals surface area contributed by atoms with E-state index in [1.165, 1.54) is 13.0 Å². The lowest BCUT2D eigenvalue weighted by atomic mass is 9.86. The van der Waals surface area contributed by atoms with Crippen LogP contribution in [0.5, 0.6) is 0 Å². The Hall–Kier alpha value is -2.54. The van der Waals surface area contributed by atoms with Crippen molar-refractivity contribution in [3.63, 3.8) is 0 Å². The molecule has 0 bridgehead atoms. The van der Waals surface area contributed by atoms with Gasteiger partial charge in [0, 0.05) is 5.56 Å². The zero-order valence-corrected chi connectivity index (χ0v) is 18.7. The van der Waals surface area contributed by atoms with Crippen molar-refractivity contribution < 1.29 is 17.9 Å². The molecular formula is C24H27NO4S. The molecule has 0 heterocycles. The van der Waals surface area contributed by atoms with Crippen LogP contribution in [0.4, 0.5) is 0 Å². The second-order valence-electron chi connectivity index (χ2n) is 8.47. The zero-order chi connectivity index (χ0) is 22.3. The first-order valence-electron chi connectivity index (χ1n) is 9.73. The number of aryl methyl sites for hydroxylation is 1. The standard InChI is InChI=1S/C24H27NO4S/c1-15-14-17-10-6-7-11-18(17)22(19-12-8-9-13-20(19)30(25,27)28)21(15)23(16(2)26)29-24(3,4)5/h6-14,23H,1-5H3,(H2,25,27,28)/t23-/m1/s1. The molecule has 3 rings (SSSR count). The third-order valence-electron chi connectivity index (χ3n) is 4.86. The highest BCUT2D eigenvalue weighted by atomic mass is 32.2. The summed E-state index contributed by atoms with van der Waals surface area (Å²) in [4.78, 5) is 12.7. The average molecular weight is 426 g/mol. The number of ketones is 1. The molecule has 0 aliphatic rings. The van der Waals surface area contributed by atoms with Gasteiger partial charge in [-0.3, -0.25) is 4.79 Å². The molecule has 3 aromatic rings. The second-order valence-corrected chi connectivity index (χ2v) is 10.00. The minimum Gasteiger partial charge on any atom is -0.360 e. The van der Waals surface area contributed by atoms with Crippen molar-refractivity contribution in [3.05, 3.63) is 65.7 Å². The van der Waals surface area contributed by atoms with Crippen LogP contribution in [0.15, 0.2) is 59.5 Å². The number of nitrogens with two attached hydrogens (primary N) is 1. The van der Waals surface area contributed by atoms with Gasteiger partial charge in [0.1, 0.15) is 6.10 Å². The summed E-state index contributed by atoms with van der Waals surface area (Å²) >= 11 is 0. The van der Waals surface area contributed by atoms with Gasteiger partial charge < -0.3 is 4.74 Å². The summed E-state index contributed by atoms with van der Waals surface area (Å²) in [5, 5.41) is 7.31. The van der Waals surface area contributed by atoms with E-state index in [2.05, 4.69) is 0 Å². The van der Waals surface area contributed by atoms with Gasteiger partial charge in [0.25, 0.3) is 0 Å². The van der Waals surface area contributed by atoms with Crippen LogP contribution in [-0.4, -0.2) is 19.8 Å². The molecule has 3 aromatic carbocycles. The number of primary sulfonamides is 1. The quantitative estimate of drug-likeness (QED) is 0.629. The molecule has 0 aliphatic heterocycles. The minimum absolute atomic E-state index is 0.0139. The van der Waals surface area contributed by atoms with E-state index in [4.69, 9.17) is 9.88 Å². The van der Waals surface area contributed by atoms with Gasteiger partial charge in [-0.15, -0.1) is 0 Å². The summed E-state index contributed by atoms with van der Waals surface area (Å²) in [6.45, 7) is 9.05. The third-order valence-corrected chi connectivity index (χ3v) is 5.83. The number of carbonyl (C=O) groups is 1. The van der Waals surface area contributed by atoms with E-state index < -0.39 is 21.7 Å². The highest BCUT2D eigenvalue weighted by Crippen LogP contribution is 2.42. The van der Waals surface area contributed by atoms with Gasteiger partial charge in [-0.1, -0.05) is 48.5 Å². The van der Waals surface area contributed by atoms with Crippen LogP contribution in [0, 0.1) is 6.92 Å². The number of sulfonamides is 1. The molecule has 0 amide bonds. The monoisotopic (exact) mass is 425 g/mol. The van der Waals surface area contributed by atoms with E-state index >= 15 is 0 Å². The lowest BCUT2D eigenvalue weighted by Gasteiger charge is -2.30. The summed E-state index contributed by atoms with van der Waals surface area (Å²) in [5.41, 5.74) is 2.04. The molecule has 6 heteroatoms. The maximum absolute atomic E-state index is 12.7. The number of Topliss-reactive ketones (excluding diaryl/α,β-unsaturated/α-hetero) is 1. The van der Waals surface area contributed by atoms with Crippen molar-refractivity contribution in [1.82, 2.24) is 0 Å². The number of fused-ring (bicyclic) bond motifs is 1. The molecule has 0 fully saturated rings. The van der Waals surface area contributed by atoms with Crippen molar-refractivity contribution in [2.45, 2.75) is 51.2 Å². The Balaban J connectivity index is 2.50. The van der Waals surface area contributed by atoms with Crippen molar-refractivity contribution in [3.8, 4) is 11.1 Å². The van der Waals surface area contributed by atoms with Crippen molar-refractivity contribution in [1.29, 1.82) is 0 Å². The van der Waals surface area contributed by atoms with E-state index in [1.54, 1.807) is 18.2 Å². The molecule has 0 saturated carbocycles. The Bertz CT molecular complexity index is 1220. The molecule has 2 N–H and O–H groups in total. The molecule has 158 valence electrons. The summed E-state index contributed by atoms with van der Waals surface area (Å²) in [6.07, 6.45) is -0.849. The molecule has 30 heavy (non-hydrogen) atoms. The number of carbonyl (C=O) groups excluding carboxylic acids is 1. The van der Waals surface area contributed by atoms with Crippen LogP contribution in [0.2, 0.25) is 0 Å². The predicted octanol–water partition coefficient (Wildman–Crippen LogP) is 4.91. The lowest BCUT2D eigenvalue weighted by Crippen LogP contribution is -2.27. The van der Waals surface area contributed by atoms with Crippen LogP contribution >= 0.6 is 0 Å². The fourth-order valence-electron chi connectivity index (χ4n) is 3.75. The Labute approximate surface area is 177 Å². The van der Waals surface area contributed by atoms with E-state index in [1.807, 2.05) is 58.0 Å². The summed E-state index contributed by atoms with van der Waals surface area (Å²) < 4.78 is 30.9. The number of benzene rings is 3. The number of ether oxygens (including phenoxy) is 1. The van der Waals surface area contributed by atoms with E-state index in [0.29, 0.717) is 16.7 Å². The first-order valence-corrected chi connectivity index (χ1v) is 11.3. The average Bonchev–Trinajstić information content (AvgIpc) is 2.63. The van der Waals surface area contributed by atoms with Gasteiger partial charge in [-0.05, 0) is 68.1 Å². The molecule has 5 nitrogen and oxygen atoms in total. The van der Waals surface area contributed by atoms with Crippen LogP contribution in [0.1, 0.15) is 44.9 Å². The topological polar surface area (TPSA) is 86.5 Å². The van der Waals surface area contributed by atoms with Crippen molar-refractivity contribution in [2.75, 3.05) is 0 Å².